The third-order valence-corrected chi connectivity index (χ3v) is 4.45. The molecule has 0 bridgehead atoms. The molecule has 1 heterocycles. The summed E-state index contributed by atoms with van der Waals surface area (Å²) in [4.78, 5) is 13.4. The van der Waals surface area contributed by atoms with Crippen LogP contribution in [0.5, 0.6) is 5.75 Å². The predicted octanol–water partition coefficient (Wildman–Crippen LogP) is 3.13. The summed E-state index contributed by atoms with van der Waals surface area (Å²) in [5.74, 6) is 1.14. The van der Waals surface area contributed by atoms with Crippen molar-refractivity contribution in [3.63, 3.8) is 0 Å². The van der Waals surface area contributed by atoms with E-state index in [4.69, 9.17) is 9.84 Å². The molecule has 1 aromatic rings. The Morgan fingerprint density at radius 3 is 2.86 bits per heavy atom. The molecule has 2 rings (SSSR count). The highest BCUT2D eigenvalue weighted by Gasteiger charge is 2.28. The number of hydrogen-bond acceptors (Lipinski definition) is 3. The summed E-state index contributed by atoms with van der Waals surface area (Å²) in [6.45, 7) is 9.47. The minimum Gasteiger partial charge on any atom is -0.492 e. The van der Waals surface area contributed by atoms with Gasteiger partial charge in [0.05, 0.1) is 5.56 Å². The van der Waals surface area contributed by atoms with Gasteiger partial charge in [-0.05, 0) is 43.4 Å². The van der Waals surface area contributed by atoms with E-state index in [2.05, 4.69) is 25.7 Å². The van der Waals surface area contributed by atoms with Crippen molar-refractivity contribution in [1.82, 2.24) is 4.90 Å². The molecule has 0 aliphatic carbocycles. The van der Waals surface area contributed by atoms with E-state index in [1.165, 1.54) is 6.42 Å². The fourth-order valence-electron chi connectivity index (χ4n) is 3.13. The van der Waals surface area contributed by atoms with E-state index in [9.17, 15) is 4.79 Å². The standard InChI is InChI=1S/C17H25NO3/c1-12-9-13(2)14(3)18(11-12)7-8-21-16-6-4-5-15(10-16)17(19)20/h4-6,10,12-14H,7-9,11H2,1-3H3,(H,19,20). The second kappa shape index (κ2) is 6.94. The Hall–Kier alpha value is -1.55. The second-order valence-corrected chi connectivity index (χ2v) is 6.24. The van der Waals surface area contributed by atoms with Crippen molar-refractivity contribution in [2.75, 3.05) is 19.7 Å². The summed E-state index contributed by atoms with van der Waals surface area (Å²) in [5.41, 5.74) is 0.265. The minimum atomic E-state index is -0.923. The normalized spacial score (nSPS) is 26.5. The number of carboxylic acid groups (broad SMARTS) is 1. The molecular formula is C17H25NO3. The molecule has 1 aromatic carbocycles. The molecular weight excluding hydrogens is 266 g/mol. The lowest BCUT2D eigenvalue weighted by Gasteiger charge is -2.41. The largest absolute Gasteiger partial charge is 0.492 e. The summed E-state index contributed by atoms with van der Waals surface area (Å²) in [7, 11) is 0. The molecule has 0 radical (unpaired) electrons. The van der Waals surface area contributed by atoms with Crippen LogP contribution >= 0.6 is 0 Å². The van der Waals surface area contributed by atoms with Crippen LogP contribution < -0.4 is 4.74 Å². The summed E-state index contributed by atoms with van der Waals surface area (Å²) in [5, 5.41) is 8.97. The summed E-state index contributed by atoms with van der Waals surface area (Å²) in [6.07, 6.45) is 1.29. The first-order valence-electron chi connectivity index (χ1n) is 7.67. The number of carboxylic acids is 1. The Labute approximate surface area is 126 Å². The van der Waals surface area contributed by atoms with Gasteiger partial charge >= 0.3 is 5.97 Å². The average molecular weight is 291 g/mol. The smallest absolute Gasteiger partial charge is 0.335 e. The van der Waals surface area contributed by atoms with Crippen LogP contribution in [0.15, 0.2) is 24.3 Å². The van der Waals surface area contributed by atoms with Gasteiger partial charge in [-0.2, -0.15) is 0 Å². The second-order valence-electron chi connectivity index (χ2n) is 6.24. The molecule has 3 atom stereocenters. The molecule has 1 fully saturated rings. The number of rotatable bonds is 5. The van der Waals surface area contributed by atoms with E-state index in [0.717, 1.165) is 19.0 Å². The topological polar surface area (TPSA) is 49.8 Å². The highest BCUT2D eigenvalue weighted by molar-refractivity contribution is 5.87. The van der Waals surface area contributed by atoms with Crippen LogP contribution in [0.4, 0.5) is 0 Å². The van der Waals surface area contributed by atoms with Gasteiger partial charge in [0.15, 0.2) is 0 Å². The molecule has 4 heteroatoms. The molecule has 0 amide bonds. The molecule has 0 saturated carbocycles. The number of benzene rings is 1. The molecule has 1 aliphatic rings. The van der Waals surface area contributed by atoms with E-state index in [-0.39, 0.29) is 5.56 Å². The molecule has 0 aromatic heterocycles. The monoisotopic (exact) mass is 291 g/mol. The van der Waals surface area contributed by atoms with E-state index in [1.54, 1.807) is 24.3 Å². The third-order valence-electron chi connectivity index (χ3n) is 4.45. The van der Waals surface area contributed by atoms with Crippen LogP contribution in [-0.2, 0) is 0 Å². The zero-order valence-electron chi connectivity index (χ0n) is 13.1. The van der Waals surface area contributed by atoms with Crippen LogP contribution in [0, 0.1) is 11.8 Å². The molecule has 1 saturated heterocycles. The van der Waals surface area contributed by atoms with Gasteiger partial charge in [0.2, 0.25) is 0 Å². The van der Waals surface area contributed by atoms with Crippen molar-refractivity contribution < 1.29 is 14.6 Å². The maximum atomic E-state index is 10.9. The summed E-state index contributed by atoms with van der Waals surface area (Å²) < 4.78 is 5.71. The molecule has 1 N–H and O–H groups in total. The number of carbonyl (C=O) groups is 1. The minimum absolute atomic E-state index is 0.265. The lowest BCUT2D eigenvalue weighted by Crippen LogP contribution is -2.47. The maximum Gasteiger partial charge on any atom is 0.335 e. The zero-order chi connectivity index (χ0) is 15.4. The Morgan fingerprint density at radius 2 is 2.14 bits per heavy atom. The lowest BCUT2D eigenvalue weighted by molar-refractivity contribution is 0.0661. The zero-order valence-corrected chi connectivity index (χ0v) is 13.1. The van der Waals surface area contributed by atoms with Gasteiger partial charge in [-0.15, -0.1) is 0 Å². The molecule has 1 aliphatic heterocycles. The quantitative estimate of drug-likeness (QED) is 0.905. The third kappa shape index (κ3) is 4.21. The van der Waals surface area contributed by atoms with Crippen LogP contribution in [0.2, 0.25) is 0 Å². The first-order valence-corrected chi connectivity index (χ1v) is 7.67. The molecule has 3 unspecified atom stereocenters. The van der Waals surface area contributed by atoms with Crippen molar-refractivity contribution in [3.8, 4) is 5.75 Å². The fraction of sp³-hybridized carbons (Fsp3) is 0.588. The van der Waals surface area contributed by atoms with Crippen molar-refractivity contribution in [3.05, 3.63) is 29.8 Å². The molecule has 21 heavy (non-hydrogen) atoms. The van der Waals surface area contributed by atoms with Crippen molar-refractivity contribution in [1.29, 1.82) is 0 Å². The van der Waals surface area contributed by atoms with Crippen LogP contribution in [0.3, 0.4) is 0 Å². The van der Waals surface area contributed by atoms with E-state index >= 15 is 0 Å². The van der Waals surface area contributed by atoms with Gasteiger partial charge in [0, 0.05) is 19.1 Å². The molecule has 116 valence electrons. The van der Waals surface area contributed by atoms with Gasteiger partial charge in [-0.25, -0.2) is 4.79 Å². The van der Waals surface area contributed by atoms with Gasteiger partial charge in [0.1, 0.15) is 12.4 Å². The first kappa shape index (κ1) is 15.8. The van der Waals surface area contributed by atoms with Crippen LogP contribution in [0.1, 0.15) is 37.6 Å². The Balaban J connectivity index is 1.86. The molecule has 4 nitrogen and oxygen atoms in total. The number of nitrogens with zero attached hydrogens (tertiary/aromatic N) is 1. The number of likely N-dealkylation sites (tertiary alicyclic amines) is 1. The Kier molecular flexibility index (Phi) is 5.23. The van der Waals surface area contributed by atoms with Gasteiger partial charge < -0.3 is 9.84 Å². The van der Waals surface area contributed by atoms with Gasteiger partial charge in [-0.3, -0.25) is 4.90 Å². The fourth-order valence-corrected chi connectivity index (χ4v) is 3.13. The van der Waals surface area contributed by atoms with Crippen molar-refractivity contribution >= 4 is 5.97 Å². The average Bonchev–Trinajstić information content (AvgIpc) is 2.44. The van der Waals surface area contributed by atoms with Gasteiger partial charge in [-0.1, -0.05) is 19.9 Å². The van der Waals surface area contributed by atoms with Crippen molar-refractivity contribution in [2.24, 2.45) is 11.8 Å². The number of aromatic carboxylic acids is 1. The predicted molar refractivity (Wildman–Crippen MR) is 82.9 cm³/mol. The number of hydrogen-bond donors (Lipinski definition) is 1. The Morgan fingerprint density at radius 1 is 1.38 bits per heavy atom. The highest BCUT2D eigenvalue weighted by atomic mass is 16.5. The van der Waals surface area contributed by atoms with E-state index in [0.29, 0.717) is 24.3 Å². The Bertz CT molecular complexity index is 489. The van der Waals surface area contributed by atoms with Crippen molar-refractivity contribution in [2.45, 2.75) is 33.2 Å². The van der Waals surface area contributed by atoms with E-state index in [1.807, 2.05) is 0 Å². The van der Waals surface area contributed by atoms with Gasteiger partial charge in [0.25, 0.3) is 0 Å². The first-order chi connectivity index (χ1) is 9.97. The molecule has 0 spiro atoms. The van der Waals surface area contributed by atoms with E-state index < -0.39 is 5.97 Å². The SMILES string of the molecule is CC1CC(C)C(C)N(CCOc2cccc(C(=O)O)c2)C1. The van der Waals surface area contributed by atoms with Crippen LogP contribution in [0.25, 0.3) is 0 Å². The summed E-state index contributed by atoms with van der Waals surface area (Å²) in [6, 6.07) is 7.25. The lowest BCUT2D eigenvalue weighted by atomic mass is 9.86. The number of ether oxygens (including phenoxy) is 1. The highest BCUT2D eigenvalue weighted by Crippen LogP contribution is 2.26. The maximum absolute atomic E-state index is 10.9. The number of piperidine rings is 1. The summed E-state index contributed by atoms with van der Waals surface area (Å²) >= 11 is 0. The van der Waals surface area contributed by atoms with Crippen LogP contribution in [-0.4, -0.2) is 41.7 Å².